The lowest BCUT2D eigenvalue weighted by Crippen LogP contribution is -2.34. The van der Waals surface area contributed by atoms with E-state index in [-0.39, 0.29) is 11.9 Å². The topological polar surface area (TPSA) is 55.8 Å². The van der Waals surface area contributed by atoms with Crippen LogP contribution < -0.4 is 4.74 Å². The highest BCUT2D eigenvalue weighted by atomic mass is 16.5. The molecule has 0 heterocycles. The van der Waals surface area contributed by atoms with Gasteiger partial charge in [-0.25, -0.2) is 0 Å². The fourth-order valence-corrected chi connectivity index (χ4v) is 4.52. The molecule has 0 bridgehead atoms. The Labute approximate surface area is 199 Å². The van der Waals surface area contributed by atoms with Gasteiger partial charge < -0.3 is 14.6 Å². The maximum Gasteiger partial charge on any atom is 0.308 e. The molecule has 0 unspecified atom stereocenters. The summed E-state index contributed by atoms with van der Waals surface area (Å²) in [5.41, 5.74) is 2.30. The highest BCUT2D eigenvalue weighted by molar-refractivity contribution is 5.72. The van der Waals surface area contributed by atoms with Crippen LogP contribution in [0.5, 0.6) is 5.75 Å². The van der Waals surface area contributed by atoms with Crippen LogP contribution in [-0.2, 0) is 15.1 Å². The first-order valence-electron chi connectivity index (χ1n) is 12.8. The third-order valence-electron chi connectivity index (χ3n) is 6.76. The molecule has 0 spiro atoms. The second kappa shape index (κ2) is 12.8. The standard InChI is InChI=1S/C29H40O4/c1-3-5-7-21-32-27-15-11-24(12-16-27)23-9-13-26(14-10-23)29(31)19-17-25(18-20-29)28(30)33-22-8-6-4-2/h9-16,25,31H,3-8,17-22H2,1-2H3. The Hall–Kier alpha value is -2.33. The quantitative estimate of drug-likeness (QED) is 0.277. The smallest absolute Gasteiger partial charge is 0.308 e. The molecule has 1 aliphatic carbocycles. The fourth-order valence-electron chi connectivity index (χ4n) is 4.52. The summed E-state index contributed by atoms with van der Waals surface area (Å²) in [6.45, 7) is 5.60. The third kappa shape index (κ3) is 7.33. The van der Waals surface area contributed by atoms with Crippen LogP contribution in [0.4, 0.5) is 0 Å². The van der Waals surface area contributed by atoms with Gasteiger partial charge in [0.05, 0.1) is 24.7 Å². The van der Waals surface area contributed by atoms with Crippen molar-refractivity contribution in [2.75, 3.05) is 13.2 Å². The lowest BCUT2D eigenvalue weighted by Gasteiger charge is -2.35. The molecule has 3 rings (SSSR count). The summed E-state index contributed by atoms with van der Waals surface area (Å²) in [7, 11) is 0. The average Bonchev–Trinajstić information content (AvgIpc) is 2.85. The minimum Gasteiger partial charge on any atom is -0.494 e. The Bertz CT molecular complexity index is 833. The van der Waals surface area contributed by atoms with Gasteiger partial charge in [-0.1, -0.05) is 75.9 Å². The van der Waals surface area contributed by atoms with Gasteiger partial charge in [-0.2, -0.15) is 0 Å². The highest BCUT2D eigenvalue weighted by Crippen LogP contribution is 2.40. The Balaban J connectivity index is 1.52. The van der Waals surface area contributed by atoms with Gasteiger partial charge in [-0.3, -0.25) is 4.79 Å². The molecule has 1 aliphatic rings. The van der Waals surface area contributed by atoms with Gasteiger partial charge in [0, 0.05) is 0 Å². The number of unbranched alkanes of at least 4 members (excludes halogenated alkanes) is 4. The predicted molar refractivity (Wildman–Crippen MR) is 133 cm³/mol. The maximum atomic E-state index is 12.3. The van der Waals surface area contributed by atoms with Crippen LogP contribution in [0.1, 0.15) is 83.6 Å². The van der Waals surface area contributed by atoms with Crippen LogP contribution >= 0.6 is 0 Å². The van der Waals surface area contributed by atoms with E-state index in [1.807, 2.05) is 24.3 Å². The van der Waals surface area contributed by atoms with Crippen molar-refractivity contribution >= 4 is 5.97 Å². The second-order valence-electron chi connectivity index (χ2n) is 9.34. The zero-order valence-electron chi connectivity index (χ0n) is 20.4. The van der Waals surface area contributed by atoms with Crippen LogP contribution in [0.15, 0.2) is 48.5 Å². The first kappa shape index (κ1) is 25.3. The van der Waals surface area contributed by atoms with Crippen LogP contribution in [0.3, 0.4) is 0 Å². The normalized spacial score (nSPS) is 20.4. The first-order valence-corrected chi connectivity index (χ1v) is 12.8. The van der Waals surface area contributed by atoms with Crippen molar-refractivity contribution < 1.29 is 19.4 Å². The van der Waals surface area contributed by atoms with Gasteiger partial charge >= 0.3 is 5.97 Å². The van der Waals surface area contributed by atoms with Gasteiger partial charge in [0.15, 0.2) is 0 Å². The van der Waals surface area contributed by atoms with Crippen LogP contribution in [0.25, 0.3) is 11.1 Å². The number of carbonyl (C=O) groups excluding carboxylic acids is 1. The summed E-state index contributed by atoms with van der Waals surface area (Å²) in [4.78, 5) is 12.3. The van der Waals surface area contributed by atoms with Crippen molar-refractivity contribution in [2.45, 2.75) is 83.7 Å². The van der Waals surface area contributed by atoms with Crippen molar-refractivity contribution in [3.63, 3.8) is 0 Å². The summed E-state index contributed by atoms with van der Waals surface area (Å²) in [6, 6.07) is 16.4. The van der Waals surface area contributed by atoms with E-state index in [2.05, 4.69) is 38.1 Å². The number of aliphatic hydroxyl groups is 1. The van der Waals surface area contributed by atoms with E-state index < -0.39 is 5.60 Å². The van der Waals surface area contributed by atoms with E-state index in [4.69, 9.17) is 9.47 Å². The van der Waals surface area contributed by atoms with E-state index in [0.717, 1.165) is 54.7 Å². The zero-order valence-corrected chi connectivity index (χ0v) is 20.4. The van der Waals surface area contributed by atoms with Gasteiger partial charge in [-0.05, 0) is 67.3 Å². The van der Waals surface area contributed by atoms with Crippen molar-refractivity contribution in [2.24, 2.45) is 5.92 Å². The largest absolute Gasteiger partial charge is 0.494 e. The summed E-state index contributed by atoms with van der Waals surface area (Å²) >= 11 is 0. The number of esters is 1. The molecule has 4 heteroatoms. The summed E-state index contributed by atoms with van der Waals surface area (Å²) < 4.78 is 11.2. The third-order valence-corrected chi connectivity index (χ3v) is 6.76. The zero-order chi connectivity index (χ0) is 23.5. The Kier molecular flexibility index (Phi) is 9.80. The van der Waals surface area contributed by atoms with E-state index in [1.54, 1.807) is 0 Å². The van der Waals surface area contributed by atoms with Crippen LogP contribution in [-0.4, -0.2) is 24.3 Å². The van der Waals surface area contributed by atoms with Crippen molar-refractivity contribution in [1.82, 2.24) is 0 Å². The number of hydrogen-bond acceptors (Lipinski definition) is 4. The molecule has 0 saturated heterocycles. The molecule has 2 aromatic rings. The lowest BCUT2D eigenvalue weighted by molar-refractivity contribution is -0.152. The Morgan fingerprint density at radius 3 is 1.97 bits per heavy atom. The minimum absolute atomic E-state index is 0.0890. The molecule has 0 atom stereocenters. The second-order valence-corrected chi connectivity index (χ2v) is 9.34. The molecule has 180 valence electrons. The van der Waals surface area contributed by atoms with E-state index in [0.29, 0.717) is 32.3 Å². The first-order chi connectivity index (χ1) is 16.1. The molecule has 0 radical (unpaired) electrons. The molecule has 2 aromatic carbocycles. The molecular formula is C29H40O4. The molecule has 1 saturated carbocycles. The molecule has 1 N–H and O–H groups in total. The molecular weight excluding hydrogens is 412 g/mol. The fraction of sp³-hybridized carbons (Fsp3) is 0.552. The predicted octanol–water partition coefficient (Wildman–Crippen LogP) is 7.03. The van der Waals surface area contributed by atoms with Crippen LogP contribution in [0.2, 0.25) is 0 Å². The number of benzene rings is 2. The Morgan fingerprint density at radius 2 is 1.39 bits per heavy atom. The molecule has 0 aliphatic heterocycles. The highest BCUT2D eigenvalue weighted by Gasteiger charge is 2.37. The van der Waals surface area contributed by atoms with Crippen molar-refractivity contribution in [3.05, 3.63) is 54.1 Å². The van der Waals surface area contributed by atoms with Gasteiger partial charge in [-0.15, -0.1) is 0 Å². The van der Waals surface area contributed by atoms with E-state index >= 15 is 0 Å². The summed E-state index contributed by atoms with van der Waals surface area (Å²) in [5, 5.41) is 11.2. The Morgan fingerprint density at radius 1 is 0.848 bits per heavy atom. The molecule has 0 amide bonds. The van der Waals surface area contributed by atoms with E-state index in [1.165, 1.54) is 12.8 Å². The summed E-state index contributed by atoms with van der Waals surface area (Å²) in [5.74, 6) is 0.719. The lowest BCUT2D eigenvalue weighted by atomic mass is 9.75. The van der Waals surface area contributed by atoms with Gasteiger partial charge in [0.1, 0.15) is 5.75 Å². The number of carbonyl (C=O) groups is 1. The van der Waals surface area contributed by atoms with Gasteiger partial charge in [0.25, 0.3) is 0 Å². The van der Waals surface area contributed by atoms with Gasteiger partial charge in [0.2, 0.25) is 0 Å². The number of rotatable bonds is 12. The molecule has 33 heavy (non-hydrogen) atoms. The average molecular weight is 453 g/mol. The molecule has 0 aromatic heterocycles. The van der Waals surface area contributed by atoms with Crippen molar-refractivity contribution in [1.29, 1.82) is 0 Å². The number of ether oxygens (including phenoxy) is 2. The maximum absolute atomic E-state index is 12.3. The summed E-state index contributed by atoms with van der Waals surface area (Å²) in [6.07, 6.45) is 9.13. The SMILES string of the molecule is CCCCCOC(=O)C1CCC(O)(c2ccc(-c3ccc(OCCCCC)cc3)cc2)CC1. The monoisotopic (exact) mass is 452 g/mol. The number of hydrogen-bond donors (Lipinski definition) is 1. The van der Waals surface area contributed by atoms with Crippen molar-refractivity contribution in [3.8, 4) is 16.9 Å². The molecule has 4 nitrogen and oxygen atoms in total. The van der Waals surface area contributed by atoms with Crippen LogP contribution in [0, 0.1) is 5.92 Å². The minimum atomic E-state index is -0.867. The molecule has 1 fully saturated rings. The van der Waals surface area contributed by atoms with E-state index in [9.17, 15) is 9.90 Å².